The monoisotopic (exact) mass is 262 g/mol. The number of hydrogen-bond acceptors (Lipinski definition) is 2. The van der Waals surface area contributed by atoms with Gasteiger partial charge in [-0.2, -0.15) is 0 Å². The SMILES string of the molecule is CCC1(N)CN(C(=O)C23CC4CC(CC(C4)C2)C3)C1. The van der Waals surface area contributed by atoms with E-state index in [4.69, 9.17) is 5.73 Å². The summed E-state index contributed by atoms with van der Waals surface area (Å²) in [5.41, 5.74) is 6.17. The molecule has 5 rings (SSSR count). The second-order valence-corrected chi connectivity index (χ2v) is 8.08. The fourth-order valence-electron chi connectivity index (χ4n) is 5.79. The van der Waals surface area contributed by atoms with Gasteiger partial charge in [0.1, 0.15) is 0 Å². The summed E-state index contributed by atoms with van der Waals surface area (Å²) in [5.74, 6) is 3.02. The second kappa shape index (κ2) is 3.75. The molecule has 0 aromatic rings. The molecule has 0 spiro atoms. The molecule has 1 amide bonds. The standard InChI is InChI=1S/C16H26N2O/c1-2-16(17)9-18(10-16)14(19)15-6-11-3-12(7-15)5-13(4-11)8-15/h11-13H,2-10,17H2,1H3. The zero-order valence-electron chi connectivity index (χ0n) is 12.0. The summed E-state index contributed by atoms with van der Waals surface area (Å²) in [7, 11) is 0. The van der Waals surface area contributed by atoms with E-state index in [9.17, 15) is 4.79 Å². The maximum Gasteiger partial charge on any atom is 0.228 e. The molecule has 19 heavy (non-hydrogen) atoms. The molecule has 1 aliphatic heterocycles. The van der Waals surface area contributed by atoms with Gasteiger partial charge in [0, 0.05) is 13.1 Å². The average Bonchev–Trinajstić information content (AvgIpc) is 2.32. The quantitative estimate of drug-likeness (QED) is 0.829. The fourth-order valence-corrected chi connectivity index (χ4v) is 5.79. The summed E-state index contributed by atoms with van der Waals surface area (Å²) in [6.45, 7) is 3.72. The highest BCUT2D eigenvalue weighted by Crippen LogP contribution is 2.60. The van der Waals surface area contributed by atoms with Crippen LogP contribution < -0.4 is 5.73 Å². The minimum atomic E-state index is -0.0854. The van der Waals surface area contributed by atoms with Crippen LogP contribution in [0.3, 0.4) is 0 Å². The number of carbonyl (C=O) groups excluding carboxylic acids is 1. The van der Waals surface area contributed by atoms with Gasteiger partial charge in [-0.25, -0.2) is 0 Å². The van der Waals surface area contributed by atoms with Gasteiger partial charge >= 0.3 is 0 Å². The molecule has 0 aromatic carbocycles. The zero-order chi connectivity index (χ0) is 13.3. The highest BCUT2D eigenvalue weighted by atomic mass is 16.2. The van der Waals surface area contributed by atoms with Crippen molar-refractivity contribution in [1.29, 1.82) is 0 Å². The van der Waals surface area contributed by atoms with Crippen LogP contribution in [0, 0.1) is 23.2 Å². The Morgan fingerprint density at radius 2 is 1.58 bits per heavy atom. The first-order chi connectivity index (χ1) is 9.02. The smallest absolute Gasteiger partial charge is 0.228 e. The Hall–Kier alpha value is -0.570. The number of likely N-dealkylation sites (tertiary alicyclic amines) is 1. The van der Waals surface area contributed by atoms with E-state index >= 15 is 0 Å². The largest absolute Gasteiger partial charge is 0.338 e. The van der Waals surface area contributed by atoms with E-state index in [2.05, 4.69) is 11.8 Å². The van der Waals surface area contributed by atoms with Crippen molar-refractivity contribution in [2.24, 2.45) is 28.9 Å². The number of hydrogen-bond donors (Lipinski definition) is 1. The lowest BCUT2D eigenvalue weighted by atomic mass is 9.49. The lowest BCUT2D eigenvalue weighted by Crippen LogP contribution is -2.71. The second-order valence-electron chi connectivity index (χ2n) is 8.08. The molecule has 3 nitrogen and oxygen atoms in total. The van der Waals surface area contributed by atoms with Crippen molar-refractivity contribution < 1.29 is 4.79 Å². The van der Waals surface area contributed by atoms with Gasteiger partial charge in [0.15, 0.2) is 0 Å². The van der Waals surface area contributed by atoms with E-state index in [0.717, 1.165) is 37.3 Å². The van der Waals surface area contributed by atoms with Crippen LogP contribution in [0.25, 0.3) is 0 Å². The lowest BCUT2D eigenvalue weighted by Gasteiger charge is -2.59. The van der Waals surface area contributed by atoms with Gasteiger partial charge in [-0.1, -0.05) is 6.92 Å². The summed E-state index contributed by atoms with van der Waals surface area (Å²) >= 11 is 0. The molecule has 5 fully saturated rings. The third kappa shape index (κ3) is 1.70. The topological polar surface area (TPSA) is 46.3 Å². The third-order valence-electron chi connectivity index (χ3n) is 6.49. The third-order valence-corrected chi connectivity index (χ3v) is 6.49. The molecule has 4 bridgehead atoms. The van der Waals surface area contributed by atoms with Gasteiger partial charge in [-0.05, 0) is 62.7 Å². The minimum absolute atomic E-state index is 0.0316. The van der Waals surface area contributed by atoms with Crippen molar-refractivity contribution in [3.05, 3.63) is 0 Å². The van der Waals surface area contributed by atoms with Gasteiger partial charge in [0.25, 0.3) is 0 Å². The molecule has 1 heterocycles. The molecule has 0 aromatic heterocycles. The van der Waals surface area contributed by atoms with Crippen LogP contribution in [0.5, 0.6) is 0 Å². The normalized spacial score (nSPS) is 46.2. The first-order valence-corrected chi connectivity index (χ1v) is 8.10. The Labute approximate surface area is 115 Å². The Morgan fingerprint density at radius 3 is 2.00 bits per heavy atom. The molecule has 0 unspecified atom stereocenters. The van der Waals surface area contributed by atoms with Gasteiger partial charge in [0.05, 0.1) is 11.0 Å². The van der Waals surface area contributed by atoms with E-state index in [1.165, 1.54) is 38.5 Å². The highest BCUT2D eigenvalue weighted by molar-refractivity contribution is 5.84. The van der Waals surface area contributed by atoms with Crippen LogP contribution in [0.4, 0.5) is 0 Å². The van der Waals surface area contributed by atoms with Crippen LogP contribution in [0.15, 0.2) is 0 Å². The van der Waals surface area contributed by atoms with Crippen molar-refractivity contribution in [2.75, 3.05) is 13.1 Å². The van der Waals surface area contributed by atoms with Crippen LogP contribution >= 0.6 is 0 Å². The van der Waals surface area contributed by atoms with E-state index in [1.54, 1.807) is 0 Å². The van der Waals surface area contributed by atoms with Gasteiger partial charge in [-0.3, -0.25) is 4.79 Å². The predicted molar refractivity (Wildman–Crippen MR) is 74.4 cm³/mol. The first-order valence-electron chi connectivity index (χ1n) is 8.10. The molecule has 0 atom stereocenters. The van der Waals surface area contributed by atoms with E-state index in [-0.39, 0.29) is 11.0 Å². The van der Waals surface area contributed by atoms with Crippen molar-refractivity contribution in [3.63, 3.8) is 0 Å². The van der Waals surface area contributed by atoms with Gasteiger partial charge in [0.2, 0.25) is 5.91 Å². The number of amides is 1. The van der Waals surface area contributed by atoms with Crippen molar-refractivity contribution in [1.82, 2.24) is 4.90 Å². The summed E-state index contributed by atoms with van der Waals surface area (Å²) in [6.07, 6.45) is 8.73. The fraction of sp³-hybridized carbons (Fsp3) is 0.938. The highest BCUT2D eigenvalue weighted by Gasteiger charge is 2.57. The number of nitrogens with zero attached hydrogens (tertiary/aromatic N) is 1. The van der Waals surface area contributed by atoms with Gasteiger partial charge < -0.3 is 10.6 Å². The molecule has 2 N–H and O–H groups in total. The number of nitrogens with two attached hydrogens (primary N) is 1. The van der Waals surface area contributed by atoms with Crippen molar-refractivity contribution in [2.45, 2.75) is 57.4 Å². The molecular formula is C16H26N2O. The zero-order valence-corrected chi connectivity index (χ0v) is 12.0. The van der Waals surface area contributed by atoms with Crippen molar-refractivity contribution in [3.8, 4) is 0 Å². The molecular weight excluding hydrogens is 236 g/mol. The Bertz CT molecular complexity index is 376. The molecule has 106 valence electrons. The summed E-state index contributed by atoms with van der Waals surface area (Å²) in [4.78, 5) is 15.0. The first kappa shape index (κ1) is 12.2. The van der Waals surface area contributed by atoms with Gasteiger partial charge in [-0.15, -0.1) is 0 Å². The summed E-state index contributed by atoms with van der Waals surface area (Å²) < 4.78 is 0. The van der Waals surface area contributed by atoms with Crippen molar-refractivity contribution >= 4 is 5.91 Å². The molecule has 1 saturated heterocycles. The van der Waals surface area contributed by atoms with Crippen LogP contribution in [-0.2, 0) is 4.79 Å². The summed E-state index contributed by atoms with van der Waals surface area (Å²) in [5, 5.41) is 0. The van der Waals surface area contributed by atoms with E-state index in [1.807, 2.05) is 0 Å². The van der Waals surface area contributed by atoms with Crippen LogP contribution in [0.2, 0.25) is 0 Å². The minimum Gasteiger partial charge on any atom is -0.338 e. The van der Waals surface area contributed by atoms with E-state index in [0.29, 0.717) is 5.91 Å². The summed E-state index contributed by atoms with van der Waals surface area (Å²) in [6, 6.07) is 0. The predicted octanol–water partition coefficient (Wildman–Crippen LogP) is 2.15. The molecule has 3 heteroatoms. The Balaban J connectivity index is 1.52. The maximum atomic E-state index is 13.0. The van der Waals surface area contributed by atoms with Crippen LogP contribution in [-0.4, -0.2) is 29.4 Å². The van der Waals surface area contributed by atoms with Crippen LogP contribution in [0.1, 0.15) is 51.9 Å². The molecule has 0 radical (unpaired) electrons. The Morgan fingerprint density at radius 1 is 1.11 bits per heavy atom. The number of rotatable bonds is 2. The average molecular weight is 262 g/mol. The van der Waals surface area contributed by atoms with E-state index < -0.39 is 0 Å². The Kier molecular flexibility index (Phi) is 2.41. The number of carbonyl (C=O) groups is 1. The lowest BCUT2D eigenvalue weighted by molar-refractivity contribution is -0.165. The maximum absolute atomic E-state index is 13.0. The molecule has 4 aliphatic carbocycles. The molecule has 5 aliphatic rings. The molecule has 4 saturated carbocycles.